The van der Waals surface area contributed by atoms with E-state index in [1.807, 2.05) is 24.3 Å². The molecule has 4 aromatic rings. The highest BCUT2D eigenvalue weighted by molar-refractivity contribution is 5.77. The van der Waals surface area contributed by atoms with E-state index in [9.17, 15) is 4.79 Å². The topological polar surface area (TPSA) is 36.7 Å². The summed E-state index contributed by atoms with van der Waals surface area (Å²) in [7, 11) is 0. The van der Waals surface area contributed by atoms with E-state index in [2.05, 4.69) is 86.0 Å². The number of fused-ring (bicyclic) bond motifs is 1. The largest absolute Gasteiger partial charge is 0.464 e. The second-order valence-corrected chi connectivity index (χ2v) is 8.48. The third-order valence-corrected chi connectivity index (χ3v) is 6.73. The van der Waals surface area contributed by atoms with Crippen LogP contribution >= 0.6 is 0 Å². The molecule has 0 saturated heterocycles. The van der Waals surface area contributed by atoms with E-state index < -0.39 is 0 Å². The van der Waals surface area contributed by atoms with Crippen molar-refractivity contribution in [1.82, 2.24) is 0 Å². The van der Waals surface area contributed by atoms with Crippen molar-refractivity contribution in [3.63, 3.8) is 0 Å². The average Bonchev–Trinajstić information content (AvgIpc) is 2.89. The van der Waals surface area contributed by atoms with Crippen LogP contribution in [0, 0.1) is 0 Å². The third kappa shape index (κ3) is 4.58. The highest BCUT2D eigenvalue weighted by atomic mass is 16.3. The first-order valence-electron chi connectivity index (χ1n) is 12.3. The number of anilines is 2. The predicted molar refractivity (Wildman–Crippen MR) is 143 cm³/mol. The van der Waals surface area contributed by atoms with E-state index in [1.165, 1.54) is 11.4 Å². The molecule has 0 N–H and O–H groups in total. The fourth-order valence-corrected chi connectivity index (χ4v) is 4.78. The van der Waals surface area contributed by atoms with Gasteiger partial charge in [0, 0.05) is 49.0 Å². The zero-order valence-electron chi connectivity index (χ0n) is 20.6. The minimum Gasteiger partial charge on any atom is -0.464 e. The number of rotatable bonds is 9. The zero-order valence-corrected chi connectivity index (χ0v) is 20.6. The molecule has 0 radical (unpaired) electrons. The van der Waals surface area contributed by atoms with Crippen LogP contribution in [0.1, 0.15) is 50.3 Å². The predicted octanol–water partition coefficient (Wildman–Crippen LogP) is 6.67. The minimum absolute atomic E-state index is 0.0208. The van der Waals surface area contributed by atoms with Gasteiger partial charge in [0.15, 0.2) is 5.43 Å². The first-order valence-corrected chi connectivity index (χ1v) is 12.3. The van der Waals surface area contributed by atoms with Crippen molar-refractivity contribution in [2.45, 2.75) is 33.6 Å². The van der Waals surface area contributed by atoms with Crippen LogP contribution in [0.3, 0.4) is 0 Å². The van der Waals surface area contributed by atoms with Gasteiger partial charge in [0.1, 0.15) is 5.58 Å². The Morgan fingerprint density at radius 3 is 1.62 bits per heavy atom. The van der Waals surface area contributed by atoms with E-state index in [0.717, 1.165) is 37.3 Å². The van der Waals surface area contributed by atoms with Gasteiger partial charge in [-0.05, 0) is 75.2 Å². The molecule has 0 unspecified atom stereocenters. The molecule has 0 amide bonds. The maximum atomic E-state index is 13.6. The van der Waals surface area contributed by atoms with Crippen molar-refractivity contribution in [3.8, 4) is 0 Å². The van der Waals surface area contributed by atoms with Gasteiger partial charge in [0.25, 0.3) is 0 Å². The molecule has 3 aromatic carbocycles. The summed E-state index contributed by atoms with van der Waals surface area (Å²) < 4.78 is 5.92. The molecular weight excluding hydrogens is 420 g/mol. The second kappa shape index (κ2) is 10.6. The maximum absolute atomic E-state index is 13.6. The van der Waals surface area contributed by atoms with Gasteiger partial charge in [-0.15, -0.1) is 0 Å². The molecule has 4 rings (SSSR count). The molecule has 0 fully saturated rings. The average molecular weight is 455 g/mol. The van der Waals surface area contributed by atoms with E-state index >= 15 is 0 Å². The quantitative estimate of drug-likeness (QED) is 0.283. The van der Waals surface area contributed by atoms with Crippen molar-refractivity contribution in [3.05, 3.63) is 106 Å². The maximum Gasteiger partial charge on any atom is 0.196 e. The van der Waals surface area contributed by atoms with Crippen LogP contribution < -0.4 is 15.2 Å². The molecule has 4 heteroatoms. The van der Waals surface area contributed by atoms with Crippen molar-refractivity contribution in [2.75, 3.05) is 36.0 Å². The molecule has 0 bridgehead atoms. The van der Waals surface area contributed by atoms with Gasteiger partial charge in [-0.1, -0.05) is 36.4 Å². The highest BCUT2D eigenvalue weighted by Gasteiger charge is 2.22. The lowest BCUT2D eigenvalue weighted by atomic mass is 9.85. The van der Waals surface area contributed by atoms with E-state index in [4.69, 9.17) is 4.42 Å². The van der Waals surface area contributed by atoms with Gasteiger partial charge < -0.3 is 14.2 Å². The Morgan fingerprint density at radius 1 is 0.676 bits per heavy atom. The van der Waals surface area contributed by atoms with E-state index in [0.29, 0.717) is 16.5 Å². The monoisotopic (exact) mass is 454 g/mol. The van der Waals surface area contributed by atoms with Gasteiger partial charge >= 0.3 is 0 Å². The number of benzene rings is 3. The molecule has 1 heterocycles. The fraction of sp³-hybridized carbons (Fsp3) is 0.300. The van der Waals surface area contributed by atoms with Gasteiger partial charge in [-0.2, -0.15) is 0 Å². The molecule has 176 valence electrons. The first-order chi connectivity index (χ1) is 16.6. The number of hydrogen-bond acceptors (Lipinski definition) is 4. The minimum atomic E-state index is -0.211. The second-order valence-electron chi connectivity index (χ2n) is 8.48. The summed E-state index contributed by atoms with van der Waals surface area (Å²) in [6.45, 7) is 12.5. The molecule has 0 aliphatic carbocycles. The molecule has 0 spiro atoms. The molecule has 0 atom stereocenters. The van der Waals surface area contributed by atoms with Crippen LogP contribution in [0.2, 0.25) is 0 Å². The van der Waals surface area contributed by atoms with Crippen molar-refractivity contribution < 1.29 is 4.42 Å². The Balaban J connectivity index is 1.84. The van der Waals surface area contributed by atoms with Gasteiger partial charge in [-0.3, -0.25) is 4.79 Å². The number of hydrogen-bond donors (Lipinski definition) is 0. The SMILES string of the molecule is CCN(CC)c1ccc(C(c2ccc(N(CC)CC)cc2)c2coc3ccccc3c2=O)cc1. The van der Waals surface area contributed by atoms with Crippen LogP contribution in [0.4, 0.5) is 11.4 Å². The lowest BCUT2D eigenvalue weighted by Gasteiger charge is -2.24. The highest BCUT2D eigenvalue weighted by Crippen LogP contribution is 2.33. The van der Waals surface area contributed by atoms with E-state index in [-0.39, 0.29) is 11.3 Å². The summed E-state index contributed by atoms with van der Waals surface area (Å²) in [5, 5.41) is 0.615. The smallest absolute Gasteiger partial charge is 0.196 e. The van der Waals surface area contributed by atoms with Crippen molar-refractivity contribution >= 4 is 22.3 Å². The lowest BCUT2D eigenvalue weighted by molar-refractivity contribution is 0.590. The summed E-state index contributed by atoms with van der Waals surface area (Å²) in [6.07, 6.45) is 1.64. The zero-order chi connectivity index (χ0) is 24.1. The Hall–Kier alpha value is -3.53. The standard InChI is InChI=1S/C30H34N2O2/c1-5-31(6-2)24-17-13-22(14-18-24)29(23-15-19-25(20-16-23)32(7-3)8-4)27-21-34-28-12-10-9-11-26(28)30(27)33/h9-21,29H,5-8H2,1-4H3. The van der Waals surface area contributed by atoms with Crippen LogP contribution in [0.5, 0.6) is 0 Å². The Kier molecular flexibility index (Phi) is 7.36. The van der Waals surface area contributed by atoms with Crippen molar-refractivity contribution in [2.24, 2.45) is 0 Å². The molecular formula is C30H34N2O2. The summed E-state index contributed by atoms with van der Waals surface area (Å²) in [6, 6.07) is 24.7. The first kappa shape index (κ1) is 23.6. The normalized spacial score (nSPS) is 11.2. The van der Waals surface area contributed by atoms with Crippen LogP contribution in [0.15, 0.2) is 88.3 Å². The lowest BCUT2D eigenvalue weighted by Crippen LogP contribution is -2.22. The fourth-order valence-electron chi connectivity index (χ4n) is 4.78. The van der Waals surface area contributed by atoms with Crippen molar-refractivity contribution in [1.29, 1.82) is 0 Å². The van der Waals surface area contributed by atoms with Gasteiger partial charge in [0.2, 0.25) is 0 Å². The Bertz CT molecular complexity index is 1210. The summed E-state index contributed by atoms with van der Waals surface area (Å²) in [4.78, 5) is 18.2. The number of para-hydroxylation sites is 1. The summed E-state index contributed by atoms with van der Waals surface area (Å²) in [5.74, 6) is -0.211. The van der Waals surface area contributed by atoms with Crippen LogP contribution in [0.25, 0.3) is 11.0 Å². The number of nitrogens with zero attached hydrogens (tertiary/aromatic N) is 2. The molecule has 0 saturated carbocycles. The molecule has 0 aliphatic heterocycles. The van der Waals surface area contributed by atoms with Gasteiger partial charge in [-0.25, -0.2) is 0 Å². The Labute approximate surface area is 202 Å². The van der Waals surface area contributed by atoms with Crippen LogP contribution in [-0.2, 0) is 0 Å². The summed E-state index contributed by atoms with van der Waals surface area (Å²) >= 11 is 0. The van der Waals surface area contributed by atoms with Crippen LogP contribution in [-0.4, -0.2) is 26.2 Å². The summed E-state index contributed by atoms with van der Waals surface area (Å²) in [5.41, 5.74) is 5.83. The third-order valence-electron chi connectivity index (χ3n) is 6.73. The van der Waals surface area contributed by atoms with Gasteiger partial charge in [0.05, 0.1) is 11.6 Å². The molecule has 0 aliphatic rings. The molecule has 1 aromatic heterocycles. The molecule has 34 heavy (non-hydrogen) atoms. The van der Waals surface area contributed by atoms with E-state index in [1.54, 1.807) is 6.26 Å². The molecule has 4 nitrogen and oxygen atoms in total. The Morgan fingerprint density at radius 2 is 1.15 bits per heavy atom.